The molecule has 1 N–H and O–H groups in total. The van der Waals surface area contributed by atoms with Gasteiger partial charge >= 0.3 is 5.97 Å². The zero-order valence-electron chi connectivity index (χ0n) is 16.0. The molecule has 0 aliphatic heterocycles. The Morgan fingerprint density at radius 2 is 0.897 bits per heavy atom. The Morgan fingerprint density at radius 1 is 0.552 bits per heavy atom. The van der Waals surface area contributed by atoms with Gasteiger partial charge in [-0.3, -0.25) is 4.79 Å². The van der Waals surface area contributed by atoms with Gasteiger partial charge in [0.15, 0.2) is 0 Å². The largest absolute Gasteiger partial charge is 0.481 e. The monoisotopic (exact) mass is 378 g/mol. The van der Waals surface area contributed by atoms with Crippen molar-refractivity contribution >= 4 is 5.97 Å². The van der Waals surface area contributed by atoms with Crippen LogP contribution >= 0.6 is 0 Å². The molecule has 0 unspecified atom stereocenters. The normalized spacial score (nSPS) is 11.2. The minimum atomic E-state index is -0.821. The third-order valence-corrected chi connectivity index (χ3v) is 5.36. The molecule has 4 aromatic rings. The van der Waals surface area contributed by atoms with E-state index in [1.54, 1.807) is 0 Å². The van der Waals surface area contributed by atoms with Gasteiger partial charge < -0.3 is 5.11 Å². The van der Waals surface area contributed by atoms with Crippen molar-refractivity contribution in [3.63, 3.8) is 0 Å². The summed E-state index contributed by atoms with van der Waals surface area (Å²) in [5, 5.41) is 9.13. The fourth-order valence-electron chi connectivity index (χ4n) is 4.11. The van der Waals surface area contributed by atoms with Gasteiger partial charge in [-0.15, -0.1) is 0 Å². The van der Waals surface area contributed by atoms with Crippen LogP contribution in [0.1, 0.15) is 27.8 Å². The molecular formula is C27H22O2. The molecule has 0 bridgehead atoms. The maximum Gasteiger partial charge on any atom is 0.307 e. The van der Waals surface area contributed by atoms with Crippen LogP contribution in [-0.4, -0.2) is 11.1 Å². The average molecular weight is 378 g/mol. The third-order valence-electron chi connectivity index (χ3n) is 5.36. The maximum absolute atomic E-state index is 11.1. The molecule has 4 rings (SSSR count). The van der Waals surface area contributed by atoms with Gasteiger partial charge in [0.25, 0.3) is 0 Å². The van der Waals surface area contributed by atoms with E-state index < -0.39 is 11.4 Å². The van der Waals surface area contributed by atoms with Crippen LogP contribution in [0.15, 0.2) is 115 Å². The Labute approximate surface area is 171 Å². The topological polar surface area (TPSA) is 37.3 Å². The average Bonchev–Trinajstić information content (AvgIpc) is 2.77. The Bertz CT molecular complexity index is 973. The van der Waals surface area contributed by atoms with Gasteiger partial charge in [0.1, 0.15) is 0 Å². The first-order chi connectivity index (χ1) is 14.2. The summed E-state index contributed by atoms with van der Waals surface area (Å²) in [6.07, 6.45) is 0.0231. The SMILES string of the molecule is O=C(O)Cc1ccc(C(c2ccccc2)(c2ccccc2)c2ccccc2)cc1. The summed E-state index contributed by atoms with van der Waals surface area (Å²) in [5.41, 5.74) is 4.92. The van der Waals surface area contributed by atoms with Crippen molar-refractivity contribution in [1.82, 2.24) is 0 Å². The number of benzene rings is 4. The Balaban J connectivity index is 2.02. The van der Waals surface area contributed by atoms with Crippen LogP contribution < -0.4 is 0 Å². The van der Waals surface area contributed by atoms with Crippen molar-refractivity contribution in [2.24, 2.45) is 0 Å². The quantitative estimate of drug-likeness (QED) is 0.437. The van der Waals surface area contributed by atoms with Crippen LogP contribution in [0.25, 0.3) is 0 Å². The molecule has 0 heterocycles. The van der Waals surface area contributed by atoms with Crippen LogP contribution in [0.4, 0.5) is 0 Å². The fourth-order valence-corrected chi connectivity index (χ4v) is 4.11. The van der Waals surface area contributed by atoms with Crippen molar-refractivity contribution < 1.29 is 9.90 Å². The first-order valence-corrected chi connectivity index (χ1v) is 9.69. The number of carbonyl (C=O) groups is 1. The molecule has 0 aliphatic rings. The predicted octanol–water partition coefficient (Wildman–Crippen LogP) is 5.70. The molecule has 29 heavy (non-hydrogen) atoms. The Morgan fingerprint density at radius 3 is 1.24 bits per heavy atom. The molecule has 0 atom stereocenters. The first-order valence-electron chi connectivity index (χ1n) is 9.69. The minimum Gasteiger partial charge on any atom is -0.481 e. The van der Waals surface area contributed by atoms with Crippen molar-refractivity contribution in [3.8, 4) is 0 Å². The van der Waals surface area contributed by atoms with Crippen molar-refractivity contribution in [1.29, 1.82) is 0 Å². The molecule has 0 spiro atoms. The van der Waals surface area contributed by atoms with Gasteiger partial charge in [0.05, 0.1) is 11.8 Å². The van der Waals surface area contributed by atoms with Gasteiger partial charge in [0.2, 0.25) is 0 Å². The summed E-state index contributed by atoms with van der Waals surface area (Å²) in [5.74, 6) is -0.821. The highest BCUT2D eigenvalue weighted by Crippen LogP contribution is 2.44. The van der Waals surface area contributed by atoms with E-state index in [1.807, 2.05) is 30.3 Å². The molecule has 142 valence electrons. The van der Waals surface area contributed by atoms with Gasteiger partial charge in [-0.25, -0.2) is 0 Å². The Kier molecular flexibility index (Phi) is 5.26. The molecule has 0 saturated heterocycles. The van der Waals surface area contributed by atoms with E-state index in [1.165, 1.54) is 16.7 Å². The summed E-state index contributed by atoms with van der Waals surface area (Å²) in [6, 6.07) is 39.4. The van der Waals surface area contributed by atoms with Crippen molar-refractivity contribution in [3.05, 3.63) is 143 Å². The highest BCUT2D eigenvalue weighted by atomic mass is 16.4. The number of carboxylic acids is 1. The lowest BCUT2D eigenvalue weighted by molar-refractivity contribution is -0.136. The second kappa shape index (κ2) is 8.15. The molecular weight excluding hydrogens is 356 g/mol. The molecule has 2 heteroatoms. The van der Waals surface area contributed by atoms with E-state index in [-0.39, 0.29) is 6.42 Å². The summed E-state index contributed by atoms with van der Waals surface area (Å²) in [4.78, 5) is 11.1. The van der Waals surface area contributed by atoms with Crippen LogP contribution in [0.5, 0.6) is 0 Å². The zero-order chi connectivity index (χ0) is 20.1. The number of aliphatic carboxylic acids is 1. The van der Waals surface area contributed by atoms with E-state index in [0.29, 0.717) is 0 Å². The molecule has 0 aromatic heterocycles. The smallest absolute Gasteiger partial charge is 0.307 e. The standard InChI is InChI=1S/C27H22O2/c28-26(29)20-21-16-18-25(19-17-21)27(22-10-4-1-5-11-22,23-12-6-2-7-13-23)24-14-8-3-9-15-24/h1-19H,20H2,(H,28,29). The summed E-state index contributed by atoms with van der Waals surface area (Å²) in [6.45, 7) is 0. The highest BCUT2D eigenvalue weighted by molar-refractivity contribution is 5.70. The van der Waals surface area contributed by atoms with Gasteiger partial charge in [-0.1, -0.05) is 115 Å². The minimum absolute atomic E-state index is 0.0231. The number of hydrogen-bond donors (Lipinski definition) is 1. The van der Waals surface area contributed by atoms with Gasteiger partial charge in [-0.2, -0.15) is 0 Å². The van der Waals surface area contributed by atoms with Gasteiger partial charge in [0, 0.05) is 0 Å². The third kappa shape index (κ3) is 3.57. The maximum atomic E-state index is 11.1. The second-order valence-corrected chi connectivity index (χ2v) is 7.12. The van der Waals surface area contributed by atoms with Crippen molar-refractivity contribution in [2.45, 2.75) is 11.8 Å². The summed E-state index contributed by atoms with van der Waals surface area (Å²) < 4.78 is 0. The lowest BCUT2D eigenvalue weighted by atomic mass is 9.65. The molecule has 0 radical (unpaired) electrons. The number of hydrogen-bond acceptors (Lipinski definition) is 1. The molecule has 2 nitrogen and oxygen atoms in total. The van der Waals surface area contributed by atoms with Crippen LogP contribution in [0.3, 0.4) is 0 Å². The van der Waals surface area contributed by atoms with Gasteiger partial charge in [-0.05, 0) is 27.8 Å². The predicted molar refractivity (Wildman–Crippen MR) is 116 cm³/mol. The molecule has 0 aliphatic carbocycles. The van der Waals surface area contributed by atoms with Crippen molar-refractivity contribution in [2.75, 3.05) is 0 Å². The lowest BCUT2D eigenvalue weighted by Crippen LogP contribution is -2.31. The molecule has 0 amide bonds. The summed E-state index contributed by atoms with van der Waals surface area (Å²) in [7, 11) is 0. The molecule has 4 aromatic carbocycles. The van der Waals surface area contributed by atoms with E-state index in [4.69, 9.17) is 5.11 Å². The molecule has 0 fully saturated rings. The zero-order valence-corrected chi connectivity index (χ0v) is 16.0. The van der Waals surface area contributed by atoms with Crippen LogP contribution in [-0.2, 0) is 16.6 Å². The Hall–Kier alpha value is -3.65. The second-order valence-electron chi connectivity index (χ2n) is 7.12. The highest BCUT2D eigenvalue weighted by Gasteiger charge is 2.37. The fraction of sp³-hybridized carbons (Fsp3) is 0.0741. The van der Waals surface area contributed by atoms with E-state index in [2.05, 4.69) is 84.9 Å². The molecule has 0 saturated carbocycles. The lowest BCUT2D eigenvalue weighted by Gasteiger charge is -2.37. The summed E-state index contributed by atoms with van der Waals surface area (Å²) >= 11 is 0. The number of rotatable bonds is 6. The van der Waals surface area contributed by atoms with Crippen LogP contribution in [0, 0.1) is 0 Å². The first kappa shape index (κ1) is 18.7. The van der Waals surface area contributed by atoms with E-state index in [0.717, 1.165) is 11.1 Å². The van der Waals surface area contributed by atoms with E-state index in [9.17, 15) is 4.79 Å². The van der Waals surface area contributed by atoms with Crippen LogP contribution in [0.2, 0.25) is 0 Å². The van der Waals surface area contributed by atoms with E-state index >= 15 is 0 Å². The number of carboxylic acid groups (broad SMARTS) is 1.